The van der Waals surface area contributed by atoms with Gasteiger partial charge in [0.25, 0.3) is 0 Å². The van der Waals surface area contributed by atoms with Crippen molar-refractivity contribution < 1.29 is 14.6 Å². The highest BCUT2D eigenvalue weighted by Gasteiger charge is 2.32. The largest absolute Gasteiger partial charge is 0.508 e. The maximum absolute atomic E-state index is 9.98. The van der Waals surface area contributed by atoms with Gasteiger partial charge in [0.1, 0.15) is 23.3 Å². The normalized spacial score (nSPS) is 18.0. The molecule has 166 valence electrons. The van der Waals surface area contributed by atoms with Gasteiger partial charge >= 0.3 is 0 Å². The molecule has 0 bridgehead atoms. The van der Waals surface area contributed by atoms with Crippen LogP contribution in [0.1, 0.15) is 34.6 Å². The fraction of sp³-hybridized carbons (Fsp3) is 0.360. The molecule has 1 aromatic heterocycles. The molecule has 1 fully saturated rings. The van der Waals surface area contributed by atoms with E-state index < -0.39 is 0 Å². The Labute approximate surface area is 187 Å². The lowest BCUT2D eigenvalue weighted by molar-refractivity contribution is 0.0369. The van der Waals surface area contributed by atoms with Gasteiger partial charge in [0.2, 0.25) is 5.88 Å². The van der Waals surface area contributed by atoms with Gasteiger partial charge in [-0.05, 0) is 25.0 Å². The van der Waals surface area contributed by atoms with Crippen LogP contribution in [-0.4, -0.2) is 52.4 Å². The second kappa shape index (κ2) is 8.76. The summed E-state index contributed by atoms with van der Waals surface area (Å²) in [7, 11) is 0. The molecule has 0 saturated carbocycles. The minimum Gasteiger partial charge on any atom is -0.508 e. The number of aromatic hydroxyl groups is 1. The van der Waals surface area contributed by atoms with E-state index in [0.29, 0.717) is 17.1 Å². The Morgan fingerprint density at radius 2 is 1.88 bits per heavy atom. The average Bonchev–Trinajstić information content (AvgIpc) is 2.80. The Morgan fingerprint density at radius 3 is 2.66 bits per heavy atom. The van der Waals surface area contributed by atoms with Crippen LogP contribution in [0.5, 0.6) is 17.4 Å². The van der Waals surface area contributed by atoms with Crippen LogP contribution in [0.25, 0.3) is 0 Å². The molecule has 2 N–H and O–H groups in total. The Balaban J connectivity index is 1.49. The number of hydrogen-bond donors (Lipinski definition) is 2. The first kappa shape index (κ1) is 20.7. The Hall–Kier alpha value is -3.16. The smallest absolute Gasteiger partial charge is 0.228 e. The van der Waals surface area contributed by atoms with Crippen molar-refractivity contribution in [2.75, 3.05) is 32.8 Å². The number of nitrogens with one attached hydrogen (secondary N) is 1. The summed E-state index contributed by atoms with van der Waals surface area (Å²) in [5, 5.41) is 19.0. The Morgan fingerprint density at radius 1 is 1.09 bits per heavy atom. The molecule has 0 radical (unpaired) electrons. The van der Waals surface area contributed by atoms with Crippen molar-refractivity contribution in [2.45, 2.75) is 25.8 Å². The maximum Gasteiger partial charge on any atom is 0.228 e. The first-order valence-electron chi connectivity index (χ1n) is 11.1. The van der Waals surface area contributed by atoms with Gasteiger partial charge in [0.05, 0.1) is 18.8 Å². The summed E-state index contributed by atoms with van der Waals surface area (Å²) in [6.45, 7) is 7.28. The number of phenolic OH excluding ortho intramolecular Hbond substituents is 1. The van der Waals surface area contributed by atoms with Crippen molar-refractivity contribution in [2.24, 2.45) is 0 Å². The Bertz CT molecular complexity index is 1170. The van der Waals surface area contributed by atoms with Crippen LogP contribution in [0.4, 0.5) is 0 Å². The molecule has 1 unspecified atom stereocenters. The van der Waals surface area contributed by atoms with Crippen molar-refractivity contribution in [3.8, 4) is 17.4 Å². The Kier molecular flexibility index (Phi) is 5.68. The maximum atomic E-state index is 9.98. The summed E-state index contributed by atoms with van der Waals surface area (Å²) in [5.74, 6) is 0.986. The van der Waals surface area contributed by atoms with Gasteiger partial charge in [-0.25, -0.2) is 4.98 Å². The van der Waals surface area contributed by atoms with E-state index in [4.69, 9.17) is 14.9 Å². The van der Waals surface area contributed by atoms with E-state index >= 15 is 0 Å². The topological polar surface area (TPSA) is 83.6 Å². The van der Waals surface area contributed by atoms with Crippen LogP contribution < -0.4 is 10.2 Å². The highest BCUT2D eigenvalue weighted by molar-refractivity contribution is 5.57. The van der Waals surface area contributed by atoms with Gasteiger partial charge in [-0.1, -0.05) is 35.9 Å². The number of rotatable bonds is 5. The van der Waals surface area contributed by atoms with Gasteiger partial charge in [0, 0.05) is 43.7 Å². The van der Waals surface area contributed by atoms with Crippen LogP contribution in [-0.2, 0) is 11.3 Å². The van der Waals surface area contributed by atoms with E-state index in [9.17, 15) is 5.11 Å². The third-order valence-electron chi connectivity index (χ3n) is 6.28. The van der Waals surface area contributed by atoms with Crippen LogP contribution in [0.3, 0.4) is 0 Å². The molecule has 2 aliphatic rings. The number of benzene rings is 2. The third kappa shape index (κ3) is 4.01. The van der Waals surface area contributed by atoms with E-state index in [2.05, 4.69) is 41.1 Å². The van der Waals surface area contributed by atoms with Gasteiger partial charge in [-0.2, -0.15) is 0 Å². The van der Waals surface area contributed by atoms with Gasteiger partial charge < -0.3 is 19.1 Å². The van der Waals surface area contributed by atoms with Gasteiger partial charge in [-0.3, -0.25) is 10.3 Å². The first-order valence-corrected chi connectivity index (χ1v) is 11.1. The van der Waals surface area contributed by atoms with Crippen molar-refractivity contribution in [1.82, 2.24) is 14.5 Å². The van der Waals surface area contributed by atoms with E-state index in [1.165, 1.54) is 5.56 Å². The van der Waals surface area contributed by atoms with E-state index in [1.54, 1.807) is 18.5 Å². The van der Waals surface area contributed by atoms with Crippen LogP contribution >= 0.6 is 0 Å². The summed E-state index contributed by atoms with van der Waals surface area (Å²) < 4.78 is 13.4. The predicted molar refractivity (Wildman–Crippen MR) is 120 cm³/mol. The molecule has 3 aromatic rings. The molecule has 3 heterocycles. The minimum absolute atomic E-state index is 0.148. The highest BCUT2D eigenvalue weighted by Crippen LogP contribution is 2.45. The summed E-state index contributed by atoms with van der Waals surface area (Å²) in [5.41, 5.74) is 4.37. The third-order valence-corrected chi connectivity index (χ3v) is 6.28. The number of aromatic nitrogens is 2. The SMILES string of the molecule is Cc1ccc(C2c3ccc(O)cc3Oc3ncn(CCCN4CCOCC4)c(=N)c32)cc1. The lowest BCUT2D eigenvalue weighted by atomic mass is 9.83. The number of morpholine rings is 1. The van der Waals surface area contributed by atoms with Gasteiger partial charge in [-0.15, -0.1) is 0 Å². The quantitative estimate of drug-likeness (QED) is 0.505. The molecule has 32 heavy (non-hydrogen) atoms. The molecule has 1 atom stereocenters. The summed E-state index contributed by atoms with van der Waals surface area (Å²) in [6, 6.07) is 13.5. The zero-order valence-corrected chi connectivity index (χ0v) is 18.3. The van der Waals surface area contributed by atoms with Crippen LogP contribution in [0, 0.1) is 12.3 Å². The molecular weight excluding hydrogens is 404 g/mol. The zero-order chi connectivity index (χ0) is 22.1. The molecule has 2 aromatic carbocycles. The molecule has 0 amide bonds. The standard InChI is InChI=1S/C25H28N4O3/c1-17-3-5-18(6-4-17)22-20-8-7-19(30)15-21(20)32-25-23(22)24(26)29(16-27-25)10-2-9-28-11-13-31-14-12-28/h3-8,15-16,22,26,30H,2,9-14H2,1H3. The van der Waals surface area contributed by atoms with E-state index in [-0.39, 0.29) is 11.7 Å². The summed E-state index contributed by atoms with van der Waals surface area (Å²) in [4.78, 5) is 6.98. The fourth-order valence-electron chi connectivity index (χ4n) is 4.52. The number of ether oxygens (including phenoxy) is 2. The lowest BCUT2D eigenvalue weighted by Gasteiger charge is -2.29. The van der Waals surface area contributed by atoms with E-state index in [1.807, 2.05) is 10.6 Å². The lowest BCUT2D eigenvalue weighted by Crippen LogP contribution is -2.37. The second-order valence-corrected chi connectivity index (χ2v) is 8.48. The average molecular weight is 433 g/mol. The molecule has 5 rings (SSSR count). The van der Waals surface area contributed by atoms with E-state index in [0.717, 1.165) is 62.5 Å². The summed E-state index contributed by atoms with van der Waals surface area (Å²) in [6.07, 6.45) is 2.64. The monoisotopic (exact) mass is 432 g/mol. The van der Waals surface area contributed by atoms with Crippen LogP contribution in [0.2, 0.25) is 0 Å². The minimum atomic E-state index is -0.179. The highest BCUT2D eigenvalue weighted by atomic mass is 16.5. The summed E-state index contributed by atoms with van der Waals surface area (Å²) >= 11 is 0. The number of hydrogen-bond acceptors (Lipinski definition) is 6. The van der Waals surface area contributed by atoms with Gasteiger partial charge in [0.15, 0.2) is 0 Å². The fourth-order valence-corrected chi connectivity index (χ4v) is 4.52. The zero-order valence-electron chi connectivity index (χ0n) is 18.3. The first-order chi connectivity index (χ1) is 15.6. The molecule has 0 aliphatic carbocycles. The second-order valence-electron chi connectivity index (χ2n) is 8.48. The number of nitrogens with zero attached hydrogens (tertiary/aromatic N) is 3. The number of fused-ring (bicyclic) bond motifs is 2. The van der Waals surface area contributed by atoms with Crippen molar-refractivity contribution in [1.29, 1.82) is 5.41 Å². The van der Waals surface area contributed by atoms with Crippen molar-refractivity contribution >= 4 is 0 Å². The van der Waals surface area contributed by atoms with Crippen molar-refractivity contribution in [3.05, 3.63) is 76.5 Å². The molecule has 7 nitrogen and oxygen atoms in total. The van der Waals surface area contributed by atoms with Crippen molar-refractivity contribution in [3.63, 3.8) is 0 Å². The molecule has 7 heteroatoms. The molecule has 2 aliphatic heterocycles. The molecular formula is C25H28N4O3. The number of aryl methyl sites for hydroxylation is 2. The molecule has 1 saturated heterocycles. The predicted octanol–water partition coefficient (Wildman–Crippen LogP) is 3.38. The number of phenols is 1. The molecule has 0 spiro atoms. The van der Waals surface area contributed by atoms with Crippen LogP contribution in [0.15, 0.2) is 48.8 Å².